The molecule has 14 heavy (non-hydrogen) atoms. The fourth-order valence-corrected chi connectivity index (χ4v) is 2.68. The Labute approximate surface area is 97.0 Å². The van der Waals surface area contributed by atoms with Gasteiger partial charge in [0.15, 0.2) is 15.2 Å². The fourth-order valence-electron chi connectivity index (χ4n) is 0.999. The third kappa shape index (κ3) is 22.9. The average molecular weight is 215 g/mol. The zero-order valence-electron chi connectivity index (χ0n) is 10.4. The lowest BCUT2D eigenvalue weighted by Crippen LogP contribution is -1.87. The first-order valence-corrected chi connectivity index (χ1v) is 7.89. The largest absolute Gasteiger partial charge is 0.396 e. The first kappa shape index (κ1) is 16.9. The molecule has 0 spiro atoms. The molecule has 0 fully saturated rings. The number of unbranched alkanes of at least 4 members (excludes halogenated alkanes) is 3. The molecule has 0 atom stereocenters. The summed E-state index contributed by atoms with van der Waals surface area (Å²) in [7, 11) is 0. The summed E-state index contributed by atoms with van der Waals surface area (Å²) < 4.78 is 0. The minimum atomic E-state index is 0.344. The third-order valence-corrected chi connectivity index (χ3v) is 3.67. The van der Waals surface area contributed by atoms with Gasteiger partial charge >= 0.3 is 0 Å². The summed E-state index contributed by atoms with van der Waals surface area (Å²) in [6.45, 7) is 6.95. The van der Waals surface area contributed by atoms with E-state index in [2.05, 4.69) is 20.8 Å². The van der Waals surface area contributed by atoms with Gasteiger partial charge in [0.1, 0.15) is 0 Å². The van der Waals surface area contributed by atoms with E-state index in [-0.39, 0.29) is 0 Å². The van der Waals surface area contributed by atoms with E-state index in [1.54, 1.807) is 0 Å². The van der Waals surface area contributed by atoms with Gasteiger partial charge in [-0.25, -0.2) is 0 Å². The number of rotatable bonds is 8. The Morgan fingerprint density at radius 2 is 1.21 bits per heavy atom. The van der Waals surface area contributed by atoms with Gasteiger partial charge in [-0.2, -0.15) is 0 Å². The Morgan fingerprint density at radius 1 is 0.786 bits per heavy atom. The van der Waals surface area contributed by atoms with Crippen LogP contribution in [0.1, 0.15) is 59.3 Å². The van der Waals surface area contributed by atoms with Crippen molar-refractivity contribution < 1.29 is 5.11 Å². The molecule has 1 N–H and O–H groups in total. The third-order valence-electron chi connectivity index (χ3n) is 2.04. The molecule has 0 saturated heterocycles. The fraction of sp³-hybridized carbons (Fsp3) is 1.00. The van der Waals surface area contributed by atoms with Crippen LogP contribution in [0.3, 0.4) is 0 Å². The first-order valence-electron chi connectivity index (χ1n) is 6.25. The maximum absolute atomic E-state index is 8.07. The summed E-state index contributed by atoms with van der Waals surface area (Å²) in [4.78, 5) is 0. The summed E-state index contributed by atoms with van der Waals surface area (Å²) in [5.74, 6) is 0. The van der Waals surface area contributed by atoms with Crippen LogP contribution in [0.2, 0.25) is 10.6 Å². The molecule has 0 aromatic rings. The molecule has 1 radical (unpaired) electrons. The SMILES string of the molecule is CCCCO.CCC[CH2][Al][CH2]CCC. The van der Waals surface area contributed by atoms with Crippen molar-refractivity contribution in [2.75, 3.05) is 6.61 Å². The van der Waals surface area contributed by atoms with Gasteiger partial charge in [0.25, 0.3) is 0 Å². The predicted molar refractivity (Wildman–Crippen MR) is 67.2 cm³/mol. The molecule has 0 rings (SSSR count). The molecular formula is C12H28AlO. The minimum absolute atomic E-state index is 0.344. The highest BCUT2D eigenvalue weighted by molar-refractivity contribution is 6.35. The van der Waals surface area contributed by atoms with E-state index in [0.29, 0.717) is 6.61 Å². The smallest absolute Gasteiger partial charge is 0.199 e. The average Bonchev–Trinajstić information content (AvgIpc) is 2.20. The number of aliphatic hydroxyl groups excluding tert-OH is 1. The molecule has 0 saturated carbocycles. The van der Waals surface area contributed by atoms with Crippen LogP contribution in [0.15, 0.2) is 0 Å². The molecule has 85 valence electrons. The van der Waals surface area contributed by atoms with Crippen LogP contribution in [0.4, 0.5) is 0 Å². The molecule has 0 aliphatic rings. The van der Waals surface area contributed by atoms with Crippen molar-refractivity contribution in [2.45, 2.75) is 69.9 Å². The predicted octanol–water partition coefficient (Wildman–Crippen LogP) is 3.91. The van der Waals surface area contributed by atoms with Crippen LogP contribution in [0, 0.1) is 0 Å². The summed E-state index contributed by atoms with van der Waals surface area (Å²) in [5, 5.41) is 11.1. The van der Waals surface area contributed by atoms with Crippen LogP contribution >= 0.6 is 0 Å². The van der Waals surface area contributed by atoms with Crippen molar-refractivity contribution in [3.63, 3.8) is 0 Å². The van der Waals surface area contributed by atoms with E-state index in [0.717, 1.165) is 28.1 Å². The number of hydrogen-bond acceptors (Lipinski definition) is 1. The van der Waals surface area contributed by atoms with Crippen molar-refractivity contribution >= 4 is 15.2 Å². The van der Waals surface area contributed by atoms with Gasteiger partial charge in [-0.15, -0.1) is 10.6 Å². The van der Waals surface area contributed by atoms with E-state index < -0.39 is 0 Å². The summed E-state index contributed by atoms with van der Waals surface area (Å²) in [5.41, 5.74) is 0. The maximum atomic E-state index is 8.07. The first-order chi connectivity index (χ1) is 6.83. The summed E-state index contributed by atoms with van der Waals surface area (Å²) in [6, 6.07) is 0. The Morgan fingerprint density at radius 3 is 1.43 bits per heavy atom. The van der Waals surface area contributed by atoms with Crippen molar-refractivity contribution in [1.82, 2.24) is 0 Å². The second-order valence-corrected chi connectivity index (χ2v) is 5.38. The quantitative estimate of drug-likeness (QED) is 0.481. The topological polar surface area (TPSA) is 20.2 Å². The molecule has 0 aliphatic heterocycles. The molecule has 0 aromatic carbocycles. The summed E-state index contributed by atoms with van der Waals surface area (Å²) in [6.07, 6.45) is 7.76. The van der Waals surface area contributed by atoms with Crippen molar-refractivity contribution in [1.29, 1.82) is 0 Å². The van der Waals surface area contributed by atoms with E-state index in [1.165, 1.54) is 36.2 Å². The van der Waals surface area contributed by atoms with Gasteiger partial charge in [0.05, 0.1) is 0 Å². The highest BCUT2D eigenvalue weighted by Crippen LogP contribution is 1.99. The molecule has 0 aliphatic carbocycles. The molecule has 0 heterocycles. The highest BCUT2D eigenvalue weighted by atomic mass is 27.1. The number of aliphatic hydroxyl groups is 1. The monoisotopic (exact) mass is 215 g/mol. The number of hydrogen-bond donors (Lipinski definition) is 1. The maximum Gasteiger partial charge on any atom is 0.199 e. The van der Waals surface area contributed by atoms with Gasteiger partial charge in [0, 0.05) is 6.61 Å². The second kappa shape index (κ2) is 19.1. The molecule has 2 heteroatoms. The molecule has 0 unspecified atom stereocenters. The van der Waals surface area contributed by atoms with Crippen LogP contribution < -0.4 is 0 Å². The molecule has 0 amide bonds. The van der Waals surface area contributed by atoms with Crippen LogP contribution in [0.25, 0.3) is 0 Å². The molecule has 1 nitrogen and oxygen atoms in total. The Balaban J connectivity index is 0. The zero-order chi connectivity index (χ0) is 11.1. The zero-order valence-corrected chi connectivity index (χ0v) is 11.5. The van der Waals surface area contributed by atoms with Crippen LogP contribution in [-0.4, -0.2) is 26.9 Å². The van der Waals surface area contributed by atoms with Gasteiger partial charge < -0.3 is 5.11 Å². The van der Waals surface area contributed by atoms with E-state index in [4.69, 9.17) is 5.11 Å². The van der Waals surface area contributed by atoms with Crippen molar-refractivity contribution in [3.8, 4) is 0 Å². The van der Waals surface area contributed by atoms with Crippen LogP contribution in [0.5, 0.6) is 0 Å². The lowest BCUT2D eigenvalue weighted by Gasteiger charge is -1.93. The molecule has 0 bridgehead atoms. The van der Waals surface area contributed by atoms with Gasteiger partial charge in [-0.3, -0.25) is 0 Å². The van der Waals surface area contributed by atoms with Crippen LogP contribution in [-0.2, 0) is 0 Å². The Hall–Kier alpha value is 0.492. The van der Waals surface area contributed by atoms with E-state index >= 15 is 0 Å². The Kier molecular flexibility index (Phi) is 23.1. The van der Waals surface area contributed by atoms with Gasteiger partial charge in [-0.1, -0.05) is 52.9 Å². The standard InChI is InChI=1S/C4H10O.2C4H9.Al/c1-2-3-4-5;2*1-3-4-2;/h5H,2-4H2,1H3;2*1,3-4H2,2H3;. The van der Waals surface area contributed by atoms with Gasteiger partial charge in [-0.05, 0) is 6.42 Å². The van der Waals surface area contributed by atoms with Gasteiger partial charge in [0.2, 0.25) is 0 Å². The molecule has 0 aromatic heterocycles. The Bertz CT molecular complexity index is 68.7. The lowest BCUT2D eigenvalue weighted by molar-refractivity contribution is 0.287. The summed E-state index contributed by atoms with van der Waals surface area (Å²) >= 11 is 0.818. The van der Waals surface area contributed by atoms with E-state index in [1.807, 2.05) is 0 Å². The molecular weight excluding hydrogens is 187 g/mol. The second-order valence-electron chi connectivity index (χ2n) is 3.65. The van der Waals surface area contributed by atoms with Crippen molar-refractivity contribution in [2.24, 2.45) is 0 Å². The van der Waals surface area contributed by atoms with Crippen molar-refractivity contribution in [3.05, 3.63) is 0 Å². The minimum Gasteiger partial charge on any atom is -0.396 e. The van der Waals surface area contributed by atoms with E-state index in [9.17, 15) is 0 Å². The lowest BCUT2D eigenvalue weighted by atomic mass is 10.4. The normalized spacial score (nSPS) is 9.14. The highest BCUT2D eigenvalue weighted by Gasteiger charge is 1.89.